The SMILES string of the molecule is N#CCCN(CCN1CCOCC1)C(=O)c1ccc(I)cc1. The number of rotatable bonds is 6. The molecule has 22 heavy (non-hydrogen) atoms. The van der Waals surface area contributed by atoms with Gasteiger partial charge >= 0.3 is 0 Å². The molecule has 1 aliphatic rings. The minimum atomic E-state index is -0.0000839. The highest BCUT2D eigenvalue weighted by Gasteiger charge is 2.17. The molecular formula is C16H20IN3O2. The molecule has 0 radical (unpaired) electrons. The number of amides is 1. The van der Waals surface area contributed by atoms with Crippen LogP contribution in [0.5, 0.6) is 0 Å². The van der Waals surface area contributed by atoms with E-state index in [0.717, 1.165) is 36.4 Å². The molecule has 6 heteroatoms. The van der Waals surface area contributed by atoms with Gasteiger partial charge in [0.15, 0.2) is 0 Å². The molecule has 1 fully saturated rings. The van der Waals surface area contributed by atoms with E-state index in [1.807, 2.05) is 24.3 Å². The van der Waals surface area contributed by atoms with Gasteiger partial charge in [0.1, 0.15) is 0 Å². The van der Waals surface area contributed by atoms with Crippen LogP contribution in [-0.2, 0) is 4.74 Å². The first-order valence-electron chi connectivity index (χ1n) is 7.42. The molecule has 0 N–H and O–H groups in total. The molecule has 1 saturated heterocycles. The third kappa shape index (κ3) is 5.23. The van der Waals surface area contributed by atoms with Crippen LogP contribution < -0.4 is 0 Å². The minimum Gasteiger partial charge on any atom is -0.379 e. The summed E-state index contributed by atoms with van der Waals surface area (Å²) in [5, 5.41) is 8.80. The summed E-state index contributed by atoms with van der Waals surface area (Å²) in [4.78, 5) is 16.7. The Kier molecular flexibility index (Phi) is 7.09. The van der Waals surface area contributed by atoms with Gasteiger partial charge in [0, 0.05) is 41.9 Å². The number of nitriles is 1. The van der Waals surface area contributed by atoms with E-state index in [0.29, 0.717) is 25.1 Å². The zero-order chi connectivity index (χ0) is 15.8. The molecule has 118 valence electrons. The first-order valence-corrected chi connectivity index (χ1v) is 8.50. The predicted molar refractivity (Wildman–Crippen MR) is 92.6 cm³/mol. The van der Waals surface area contributed by atoms with Crippen molar-refractivity contribution in [3.05, 3.63) is 33.4 Å². The van der Waals surface area contributed by atoms with Crippen molar-refractivity contribution in [2.75, 3.05) is 45.9 Å². The summed E-state index contributed by atoms with van der Waals surface area (Å²) >= 11 is 2.22. The van der Waals surface area contributed by atoms with Crippen molar-refractivity contribution in [2.24, 2.45) is 0 Å². The van der Waals surface area contributed by atoms with E-state index >= 15 is 0 Å². The van der Waals surface area contributed by atoms with Gasteiger partial charge in [0.25, 0.3) is 5.91 Å². The number of nitrogens with zero attached hydrogens (tertiary/aromatic N) is 3. The van der Waals surface area contributed by atoms with Gasteiger partial charge < -0.3 is 9.64 Å². The lowest BCUT2D eigenvalue weighted by molar-refractivity contribution is 0.0326. The van der Waals surface area contributed by atoms with Crippen molar-refractivity contribution in [2.45, 2.75) is 6.42 Å². The minimum absolute atomic E-state index is 0.0000839. The quantitative estimate of drug-likeness (QED) is 0.670. The summed E-state index contributed by atoms with van der Waals surface area (Å²) < 4.78 is 6.44. The molecule has 1 amide bonds. The van der Waals surface area contributed by atoms with Gasteiger partial charge in [-0.1, -0.05) is 0 Å². The number of morpholine rings is 1. The lowest BCUT2D eigenvalue weighted by atomic mass is 10.2. The van der Waals surface area contributed by atoms with Crippen molar-refractivity contribution >= 4 is 28.5 Å². The number of carbonyl (C=O) groups is 1. The van der Waals surface area contributed by atoms with E-state index in [1.54, 1.807) is 4.90 Å². The molecule has 0 saturated carbocycles. The Labute approximate surface area is 145 Å². The predicted octanol–water partition coefficient (Wildman–Crippen LogP) is 1.98. The van der Waals surface area contributed by atoms with Gasteiger partial charge in [0.2, 0.25) is 0 Å². The van der Waals surface area contributed by atoms with Crippen LogP contribution in [0.1, 0.15) is 16.8 Å². The lowest BCUT2D eigenvalue weighted by Gasteiger charge is -2.30. The van der Waals surface area contributed by atoms with Crippen LogP contribution in [0.25, 0.3) is 0 Å². The molecule has 0 spiro atoms. The van der Waals surface area contributed by atoms with E-state index in [-0.39, 0.29) is 5.91 Å². The Morgan fingerprint density at radius 1 is 1.27 bits per heavy atom. The Hall–Kier alpha value is -1.17. The van der Waals surface area contributed by atoms with E-state index < -0.39 is 0 Å². The molecule has 0 atom stereocenters. The summed E-state index contributed by atoms with van der Waals surface area (Å²) in [6.07, 6.45) is 0.360. The van der Waals surface area contributed by atoms with Crippen LogP contribution >= 0.6 is 22.6 Å². The number of carbonyl (C=O) groups excluding carboxylic acids is 1. The Morgan fingerprint density at radius 3 is 2.59 bits per heavy atom. The van der Waals surface area contributed by atoms with Crippen molar-refractivity contribution in [1.29, 1.82) is 5.26 Å². The van der Waals surface area contributed by atoms with Crippen molar-refractivity contribution in [3.63, 3.8) is 0 Å². The highest BCUT2D eigenvalue weighted by molar-refractivity contribution is 14.1. The standard InChI is InChI=1S/C16H20IN3O2/c17-15-4-2-14(3-5-15)16(21)20(7-1-6-18)9-8-19-10-12-22-13-11-19/h2-5H,1,7-13H2. The van der Waals surface area contributed by atoms with Gasteiger partial charge in [-0.2, -0.15) is 5.26 Å². The van der Waals surface area contributed by atoms with Crippen LogP contribution in [0.4, 0.5) is 0 Å². The molecule has 0 unspecified atom stereocenters. The first kappa shape index (κ1) is 17.2. The van der Waals surface area contributed by atoms with E-state index in [1.165, 1.54) is 0 Å². The number of hydrogen-bond donors (Lipinski definition) is 0. The monoisotopic (exact) mass is 413 g/mol. The third-order valence-corrected chi connectivity index (χ3v) is 4.38. The molecule has 1 aliphatic heterocycles. The number of halogens is 1. The van der Waals surface area contributed by atoms with E-state index in [9.17, 15) is 4.79 Å². The maximum absolute atomic E-state index is 12.6. The molecule has 0 aromatic heterocycles. The normalized spacial score (nSPS) is 15.3. The molecule has 0 aliphatic carbocycles. The summed E-state index contributed by atoms with van der Waals surface area (Å²) in [7, 11) is 0. The lowest BCUT2D eigenvalue weighted by Crippen LogP contribution is -2.43. The average molecular weight is 413 g/mol. The number of benzene rings is 1. The Balaban J connectivity index is 1.96. The summed E-state index contributed by atoms with van der Waals surface area (Å²) in [6.45, 7) is 5.27. The summed E-state index contributed by atoms with van der Waals surface area (Å²) in [6, 6.07) is 9.67. The fourth-order valence-corrected chi connectivity index (χ4v) is 2.72. The largest absolute Gasteiger partial charge is 0.379 e. The first-order chi connectivity index (χ1) is 10.7. The highest BCUT2D eigenvalue weighted by atomic mass is 127. The smallest absolute Gasteiger partial charge is 0.253 e. The molecular weight excluding hydrogens is 393 g/mol. The molecule has 5 nitrogen and oxygen atoms in total. The summed E-state index contributed by atoms with van der Waals surface area (Å²) in [5.74, 6) is -0.0000839. The van der Waals surface area contributed by atoms with Crippen LogP contribution in [0.2, 0.25) is 0 Å². The van der Waals surface area contributed by atoms with Crippen LogP contribution in [0.15, 0.2) is 24.3 Å². The van der Waals surface area contributed by atoms with Crippen LogP contribution in [-0.4, -0.2) is 61.6 Å². The molecule has 2 rings (SSSR count). The zero-order valence-electron chi connectivity index (χ0n) is 12.5. The zero-order valence-corrected chi connectivity index (χ0v) is 14.7. The second-order valence-electron chi connectivity index (χ2n) is 5.16. The maximum atomic E-state index is 12.6. The van der Waals surface area contributed by atoms with Crippen molar-refractivity contribution < 1.29 is 9.53 Å². The maximum Gasteiger partial charge on any atom is 0.253 e. The average Bonchev–Trinajstić information content (AvgIpc) is 2.56. The Morgan fingerprint density at radius 2 is 1.95 bits per heavy atom. The van der Waals surface area contributed by atoms with Gasteiger partial charge in [-0.05, 0) is 46.9 Å². The van der Waals surface area contributed by atoms with Gasteiger partial charge in [-0.3, -0.25) is 9.69 Å². The van der Waals surface area contributed by atoms with Crippen LogP contribution in [0.3, 0.4) is 0 Å². The Bertz CT molecular complexity index is 521. The second-order valence-corrected chi connectivity index (χ2v) is 6.41. The number of ether oxygens (including phenoxy) is 1. The fourth-order valence-electron chi connectivity index (χ4n) is 2.36. The second kappa shape index (κ2) is 9.08. The topological polar surface area (TPSA) is 56.6 Å². The van der Waals surface area contributed by atoms with E-state index in [4.69, 9.17) is 10.00 Å². The molecule has 1 aromatic rings. The third-order valence-electron chi connectivity index (χ3n) is 3.66. The van der Waals surface area contributed by atoms with Gasteiger partial charge in [-0.25, -0.2) is 0 Å². The van der Waals surface area contributed by atoms with Crippen molar-refractivity contribution in [3.8, 4) is 6.07 Å². The number of hydrogen-bond acceptors (Lipinski definition) is 4. The summed E-state index contributed by atoms with van der Waals surface area (Å²) in [5.41, 5.74) is 0.681. The molecule has 1 aromatic carbocycles. The highest BCUT2D eigenvalue weighted by Crippen LogP contribution is 2.10. The van der Waals surface area contributed by atoms with Crippen LogP contribution in [0, 0.1) is 14.9 Å². The molecule has 1 heterocycles. The van der Waals surface area contributed by atoms with E-state index in [2.05, 4.69) is 33.6 Å². The van der Waals surface area contributed by atoms with Gasteiger partial charge in [-0.15, -0.1) is 0 Å². The van der Waals surface area contributed by atoms with Gasteiger partial charge in [0.05, 0.1) is 25.7 Å². The fraction of sp³-hybridized carbons (Fsp3) is 0.500. The molecule has 0 bridgehead atoms. The van der Waals surface area contributed by atoms with Crippen molar-refractivity contribution in [1.82, 2.24) is 9.80 Å².